The van der Waals surface area contributed by atoms with Gasteiger partial charge in [0.1, 0.15) is 5.75 Å². The molecule has 0 atom stereocenters. The van der Waals surface area contributed by atoms with E-state index in [-0.39, 0.29) is 5.91 Å². The highest BCUT2D eigenvalue weighted by molar-refractivity contribution is 6.01. The first-order valence-electron chi connectivity index (χ1n) is 7.49. The summed E-state index contributed by atoms with van der Waals surface area (Å²) in [5.41, 5.74) is 1.85. The van der Waals surface area contributed by atoms with Gasteiger partial charge in [-0.15, -0.1) is 0 Å². The lowest BCUT2D eigenvalue weighted by molar-refractivity contribution is -0.111. The Hall–Kier alpha value is -3.34. The molecule has 1 N–H and O–H groups in total. The van der Waals surface area contributed by atoms with Crippen molar-refractivity contribution in [1.82, 2.24) is 9.78 Å². The predicted molar refractivity (Wildman–Crippen MR) is 94.2 cm³/mol. The molecule has 3 aromatic rings. The molecule has 0 aliphatic rings. The number of para-hydroxylation sites is 1. The van der Waals surface area contributed by atoms with Crippen LogP contribution in [-0.2, 0) is 4.79 Å². The van der Waals surface area contributed by atoms with Gasteiger partial charge in [-0.25, -0.2) is 4.68 Å². The second-order valence-electron chi connectivity index (χ2n) is 5.08. The van der Waals surface area contributed by atoms with Gasteiger partial charge >= 0.3 is 0 Å². The molecule has 5 nitrogen and oxygen atoms in total. The zero-order valence-corrected chi connectivity index (χ0v) is 13.2. The maximum Gasteiger partial charge on any atom is 0.249 e. The Morgan fingerprint density at radius 2 is 1.83 bits per heavy atom. The van der Waals surface area contributed by atoms with E-state index in [1.54, 1.807) is 30.1 Å². The summed E-state index contributed by atoms with van der Waals surface area (Å²) in [7, 11) is 1.62. The first-order valence-corrected chi connectivity index (χ1v) is 7.49. The van der Waals surface area contributed by atoms with Gasteiger partial charge in [0.15, 0.2) is 5.82 Å². The van der Waals surface area contributed by atoms with Crippen LogP contribution in [0.25, 0.3) is 11.8 Å². The van der Waals surface area contributed by atoms with E-state index in [9.17, 15) is 4.79 Å². The molecule has 1 amide bonds. The Balaban J connectivity index is 1.62. The van der Waals surface area contributed by atoms with E-state index in [0.717, 1.165) is 17.0 Å². The number of carbonyl (C=O) groups is 1. The number of nitrogens with zero attached hydrogens (tertiary/aromatic N) is 2. The summed E-state index contributed by atoms with van der Waals surface area (Å²) in [4.78, 5) is 12.0. The topological polar surface area (TPSA) is 56.1 Å². The number of carbonyl (C=O) groups excluding carboxylic acids is 1. The number of anilines is 1. The molecule has 0 aliphatic carbocycles. The summed E-state index contributed by atoms with van der Waals surface area (Å²) < 4.78 is 6.81. The Bertz CT molecular complexity index is 837. The standard InChI is InChI=1S/C19H17N3O2/c1-24-17-10-7-15(8-11-17)9-12-19(23)20-18-13-14-22(21-18)16-5-3-2-4-6-16/h2-14H,1H3,(H,20,21,23). The van der Waals surface area contributed by atoms with Gasteiger partial charge in [-0.3, -0.25) is 4.79 Å². The molecule has 24 heavy (non-hydrogen) atoms. The van der Waals surface area contributed by atoms with E-state index in [1.807, 2.05) is 54.6 Å². The summed E-state index contributed by atoms with van der Waals surface area (Å²) in [5.74, 6) is 1.05. The highest BCUT2D eigenvalue weighted by Crippen LogP contribution is 2.13. The molecule has 0 aliphatic heterocycles. The Kier molecular flexibility index (Phi) is 4.72. The van der Waals surface area contributed by atoms with Crippen LogP contribution < -0.4 is 10.1 Å². The SMILES string of the molecule is COc1ccc(C=CC(=O)Nc2ccn(-c3ccccc3)n2)cc1. The highest BCUT2D eigenvalue weighted by Gasteiger charge is 2.03. The molecule has 3 rings (SSSR count). The van der Waals surface area contributed by atoms with E-state index in [0.29, 0.717) is 5.82 Å². The Labute approximate surface area is 140 Å². The van der Waals surface area contributed by atoms with Crippen LogP contribution in [0.15, 0.2) is 72.9 Å². The zero-order valence-electron chi connectivity index (χ0n) is 13.2. The van der Waals surface area contributed by atoms with E-state index in [2.05, 4.69) is 10.4 Å². The number of rotatable bonds is 5. The molecule has 0 radical (unpaired) electrons. The normalized spacial score (nSPS) is 10.7. The number of methoxy groups -OCH3 is 1. The van der Waals surface area contributed by atoms with E-state index < -0.39 is 0 Å². The van der Waals surface area contributed by atoms with Crippen LogP contribution in [0.1, 0.15) is 5.56 Å². The number of hydrogen-bond acceptors (Lipinski definition) is 3. The lowest BCUT2D eigenvalue weighted by atomic mass is 10.2. The van der Waals surface area contributed by atoms with Crippen LogP contribution in [0, 0.1) is 0 Å². The van der Waals surface area contributed by atoms with Crippen molar-refractivity contribution in [1.29, 1.82) is 0 Å². The number of nitrogens with one attached hydrogen (secondary N) is 1. The second kappa shape index (κ2) is 7.28. The van der Waals surface area contributed by atoms with Crippen LogP contribution in [0.3, 0.4) is 0 Å². The highest BCUT2D eigenvalue weighted by atomic mass is 16.5. The largest absolute Gasteiger partial charge is 0.497 e. The fourth-order valence-electron chi connectivity index (χ4n) is 2.17. The van der Waals surface area contributed by atoms with Crippen LogP contribution in [0.2, 0.25) is 0 Å². The lowest BCUT2D eigenvalue weighted by Crippen LogP contribution is -2.08. The molecule has 2 aromatic carbocycles. The van der Waals surface area contributed by atoms with Crippen LogP contribution in [0.5, 0.6) is 5.75 Å². The fourth-order valence-corrected chi connectivity index (χ4v) is 2.17. The summed E-state index contributed by atoms with van der Waals surface area (Å²) in [6.07, 6.45) is 5.02. The Morgan fingerprint density at radius 1 is 1.08 bits per heavy atom. The van der Waals surface area contributed by atoms with Crippen molar-refractivity contribution in [3.63, 3.8) is 0 Å². The van der Waals surface area contributed by atoms with E-state index in [4.69, 9.17) is 4.74 Å². The van der Waals surface area contributed by atoms with Gasteiger partial charge in [-0.1, -0.05) is 30.3 Å². The zero-order chi connectivity index (χ0) is 16.8. The lowest BCUT2D eigenvalue weighted by Gasteiger charge is -2.01. The number of benzene rings is 2. The summed E-state index contributed by atoms with van der Waals surface area (Å²) in [6, 6.07) is 18.9. The van der Waals surface area contributed by atoms with Gasteiger partial charge in [-0.2, -0.15) is 5.10 Å². The van der Waals surface area contributed by atoms with Gasteiger partial charge in [0.2, 0.25) is 5.91 Å². The van der Waals surface area contributed by atoms with Crippen molar-refractivity contribution in [3.8, 4) is 11.4 Å². The molecule has 0 saturated heterocycles. The van der Waals surface area contributed by atoms with Crippen LogP contribution in [-0.4, -0.2) is 22.8 Å². The minimum Gasteiger partial charge on any atom is -0.497 e. The van der Waals surface area contributed by atoms with Crippen molar-refractivity contribution in [3.05, 3.63) is 78.5 Å². The van der Waals surface area contributed by atoms with Gasteiger partial charge < -0.3 is 10.1 Å². The number of hydrogen-bond donors (Lipinski definition) is 1. The van der Waals surface area contributed by atoms with Gasteiger partial charge in [0.25, 0.3) is 0 Å². The Morgan fingerprint density at radius 3 is 2.54 bits per heavy atom. The minimum atomic E-state index is -0.232. The van der Waals surface area contributed by atoms with Crippen molar-refractivity contribution in [2.45, 2.75) is 0 Å². The van der Waals surface area contributed by atoms with Crippen LogP contribution >= 0.6 is 0 Å². The molecule has 1 aromatic heterocycles. The van der Waals surface area contributed by atoms with Gasteiger partial charge in [-0.05, 0) is 35.9 Å². The quantitative estimate of drug-likeness (QED) is 0.732. The molecule has 0 fully saturated rings. The summed E-state index contributed by atoms with van der Waals surface area (Å²) >= 11 is 0. The number of ether oxygens (including phenoxy) is 1. The third-order valence-corrected chi connectivity index (χ3v) is 3.40. The van der Waals surface area contributed by atoms with Gasteiger partial charge in [0.05, 0.1) is 12.8 Å². The first-order chi connectivity index (χ1) is 11.7. The monoisotopic (exact) mass is 319 g/mol. The van der Waals surface area contributed by atoms with E-state index >= 15 is 0 Å². The summed E-state index contributed by atoms with van der Waals surface area (Å²) in [5, 5.41) is 7.07. The number of aromatic nitrogens is 2. The molecule has 1 heterocycles. The third kappa shape index (κ3) is 3.89. The fraction of sp³-hybridized carbons (Fsp3) is 0.0526. The molecule has 120 valence electrons. The van der Waals surface area contributed by atoms with Crippen molar-refractivity contribution in [2.24, 2.45) is 0 Å². The molecule has 0 bridgehead atoms. The average Bonchev–Trinajstić information content (AvgIpc) is 3.09. The average molecular weight is 319 g/mol. The maximum atomic E-state index is 12.0. The smallest absolute Gasteiger partial charge is 0.249 e. The predicted octanol–water partition coefficient (Wildman–Crippen LogP) is 3.53. The molecule has 0 unspecified atom stereocenters. The van der Waals surface area contributed by atoms with Crippen molar-refractivity contribution in [2.75, 3.05) is 12.4 Å². The molecular formula is C19H17N3O2. The minimum absolute atomic E-state index is 0.232. The number of amides is 1. The molecule has 5 heteroatoms. The van der Waals surface area contributed by atoms with Crippen molar-refractivity contribution < 1.29 is 9.53 Å². The molecular weight excluding hydrogens is 302 g/mol. The summed E-state index contributed by atoms with van der Waals surface area (Å²) in [6.45, 7) is 0. The van der Waals surface area contributed by atoms with E-state index in [1.165, 1.54) is 6.08 Å². The third-order valence-electron chi connectivity index (χ3n) is 3.40. The second-order valence-corrected chi connectivity index (χ2v) is 5.08. The van der Waals surface area contributed by atoms with Gasteiger partial charge in [0, 0.05) is 18.3 Å². The van der Waals surface area contributed by atoms with Crippen molar-refractivity contribution >= 4 is 17.8 Å². The molecule has 0 spiro atoms. The van der Waals surface area contributed by atoms with Crippen LogP contribution in [0.4, 0.5) is 5.82 Å². The first kappa shape index (κ1) is 15.6. The maximum absolute atomic E-state index is 12.0. The molecule has 0 saturated carbocycles.